The van der Waals surface area contributed by atoms with Crippen molar-refractivity contribution in [1.82, 2.24) is 0 Å². The highest BCUT2D eigenvalue weighted by Crippen LogP contribution is 2.22. The summed E-state index contributed by atoms with van der Waals surface area (Å²) in [5.74, 6) is -2.96. The molecule has 0 aliphatic carbocycles. The molecule has 1 aliphatic heterocycles. The Kier molecular flexibility index (Phi) is 3.74. The molecule has 2 rings (SSSR count). The Morgan fingerprint density at radius 1 is 1.39 bits per heavy atom. The minimum absolute atomic E-state index is 0.0561. The van der Waals surface area contributed by atoms with Crippen LogP contribution in [0.2, 0.25) is 0 Å². The number of esters is 1. The van der Waals surface area contributed by atoms with Crippen molar-refractivity contribution in [2.45, 2.75) is 25.2 Å². The summed E-state index contributed by atoms with van der Waals surface area (Å²) in [4.78, 5) is 22.7. The van der Waals surface area contributed by atoms with Crippen LogP contribution in [-0.4, -0.2) is 29.3 Å². The van der Waals surface area contributed by atoms with Gasteiger partial charge in [-0.2, -0.15) is 0 Å². The summed E-state index contributed by atoms with van der Waals surface area (Å²) in [6.45, 7) is -0.184. The zero-order valence-electron chi connectivity index (χ0n) is 9.80. The van der Waals surface area contributed by atoms with Crippen molar-refractivity contribution in [3.63, 3.8) is 0 Å². The van der Waals surface area contributed by atoms with Crippen molar-refractivity contribution >= 4 is 11.8 Å². The maximum atomic E-state index is 11.7. The van der Waals surface area contributed by atoms with Gasteiger partial charge in [0.05, 0.1) is 0 Å². The zero-order valence-corrected chi connectivity index (χ0v) is 9.80. The molecular weight excluding hydrogens is 236 g/mol. The molecule has 1 N–H and O–H groups in total. The fraction of sp³-hybridized carbons (Fsp3) is 0.385. The molecule has 1 saturated heterocycles. The molecule has 96 valence electrons. The van der Waals surface area contributed by atoms with Gasteiger partial charge >= 0.3 is 5.97 Å². The molecule has 0 spiro atoms. The lowest BCUT2D eigenvalue weighted by Gasteiger charge is -2.28. The highest BCUT2D eigenvalue weighted by Gasteiger charge is 2.42. The van der Waals surface area contributed by atoms with Crippen molar-refractivity contribution in [3.8, 4) is 0 Å². The maximum absolute atomic E-state index is 11.7. The summed E-state index contributed by atoms with van der Waals surface area (Å²) in [7, 11) is 0. The third kappa shape index (κ3) is 2.94. The lowest BCUT2D eigenvalue weighted by atomic mass is 10.1. The van der Waals surface area contributed by atoms with E-state index in [0.29, 0.717) is 0 Å². The van der Waals surface area contributed by atoms with Gasteiger partial charge in [-0.15, -0.1) is 0 Å². The second-order valence-corrected chi connectivity index (χ2v) is 4.17. The number of aliphatic hydroxyl groups is 1. The third-order valence-corrected chi connectivity index (χ3v) is 2.75. The van der Waals surface area contributed by atoms with E-state index in [1.54, 1.807) is 0 Å². The second-order valence-electron chi connectivity index (χ2n) is 4.17. The largest absolute Gasteiger partial charge is 0.457 e. The number of hydrogen-bond donors (Lipinski definition) is 1. The zero-order chi connectivity index (χ0) is 13.0. The Morgan fingerprint density at radius 2 is 2.11 bits per heavy atom. The number of carbonyl (C=O) groups is 2. The Hall–Kier alpha value is -1.72. The van der Waals surface area contributed by atoms with E-state index >= 15 is 0 Å². The van der Waals surface area contributed by atoms with E-state index in [1.165, 1.54) is 0 Å². The predicted octanol–water partition coefficient (Wildman–Crippen LogP) is 0.798. The van der Waals surface area contributed by atoms with Gasteiger partial charge in [0.1, 0.15) is 13.2 Å². The van der Waals surface area contributed by atoms with Crippen molar-refractivity contribution in [1.29, 1.82) is 0 Å². The molecule has 18 heavy (non-hydrogen) atoms. The molecule has 0 bridgehead atoms. The first-order valence-corrected chi connectivity index (χ1v) is 5.69. The number of ketones is 1. The number of benzene rings is 1. The van der Waals surface area contributed by atoms with Gasteiger partial charge in [0, 0.05) is 12.8 Å². The molecule has 1 aliphatic rings. The van der Waals surface area contributed by atoms with E-state index in [-0.39, 0.29) is 31.8 Å². The average molecular weight is 250 g/mol. The summed E-state index contributed by atoms with van der Waals surface area (Å²) in [6, 6.07) is 9.13. The summed E-state index contributed by atoms with van der Waals surface area (Å²) in [5.41, 5.74) is 0.821. The molecule has 1 aromatic carbocycles. The van der Waals surface area contributed by atoms with Gasteiger partial charge in [-0.3, -0.25) is 4.79 Å². The van der Waals surface area contributed by atoms with Crippen LogP contribution in [0.25, 0.3) is 0 Å². The van der Waals surface area contributed by atoms with Crippen LogP contribution in [0, 0.1) is 0 Å². The van der Waals surface area contributed by atoms with Gasteiger partial charge in [-0.25, -0.2) is 4.79 Å². The summed E-state index contributed by atoms with van der Waals surface area (Å²) < 4.78 is 9.84. The molecule has 0 aromatic heterocycles. The minimum Gasteiger partial charge on any atom is -0.457 e. The first-order valence-electron chi connectivity index (χ1n) is 5.69. The van der Waals surface area contributed by atoms with Gasteiger partial charge in [-0.05, 0) is 5.56 Å². The summed E-state index contributed by atoms with van der Waals surface area (Å²) >= 11 is 0. The molecule has 1 fully saturated rings. The van der Waals surface area contributed by atoms with Gasteiger partial charge in [0.15, 0.2) is 5.78 Å². The van der Waals surface area contributed by atoms with Crippen molar-refractivity contribution < 1.29 is 24.2 Å². The normalized spacial score (nSPS) is 23.7. The number of rotatable bonds is 3. The van der Waals surface area contributed by atoms with Crippen LogP contribution in [0.1, 0.15) is 18.4 Å². The lowest BCUT2D eigenvalue weighted by molar-refractivity contribution is -0.237. The molecule has 0 saturated carbocycles. The average Bonchev–Trinajstić information content (AvgIpc) is 2.41. The summed E-state index contributed by atoms with van der Waals surface area (Å²) in [5, 5.41) is 9.89. The first-order chi connectivity index (χ1) is 8.60. The minimum atomic E-state index is -1.98. The fourth-order valence-electron chi connectivity index (χ4n) is 1.65. The van der Waals surface area contributed by atoms with Crippen LogP contribution in [0.3, 0.4) is 0 Å². The van der Waals surface area contributed by atoms with E-state index < -0.39 is 11.8 Å². The maximum Gasteiger partial charge on any atom is 0.367 e. The monoisotopic (exact) mass is 250 g/mol. The lowest BCUT2D eigenvalue weighted by Crippen LogP contribution is -2.47. The first kappa shape index (κ1) is 12.7. The topological polar surface area (TPSA) is 72.8 Å². The standard InChI is InChI=1S/C13H14O5/c14-11-6-7-13(16,18-9-11)12(15)17-8-10-4-2-1-3-5-10/h1-5,16H,6-9H2/t13-/m1/s1. The highest BCUT2D eigenvalue weighted by atomic mass is 16.7. The van der Waals surface area contributed by atoms with E-state index in [1.807, 2.05) is 30.3 Å². The molecule has 0 radical (unpaired) electrons. The Morgan fingerprint density at radius 3 is 2.72 bits per heavy atom. The molecule has 5 nitrogen and oxygen atoms in total. The Balaban J connectivity index is 1.90. The van der Waals surface area contributed by atoms with E-state index in [0.717, 1.165) is 5.56 Å². The number of Topliss-reactive ketones (excluding diaryl/α,β-unsaturated/α-hetero) is 1. The molecule has 0 amide bonds. The Bertz CT molecular complexity index is 430. The second kappa shape index (κ2) is 5.29. The van der Waals surface area contributed by atoms with Crippen LogP contribution >= 0.6 is 0 Å². The van der Waals surface area contributed by atoms with Gasteiger partial charge in [-0.1, -0.05) is 30.3 Å². The molecule has 5 heteroatoms. The van der Waals surface area contributed by atoms with Gasteiger partial charge < -0.3 is 14.6 Å². The van der Waals surface area contributed by atoms with Crippen LogP contribution in [0.4, 0.5) is 0 Å². The summed E-state index contributed by atoms with van der Waals surface area (Å²) in [6.07, 6.45) is 0.0659. The number of hydrogen-bond acceptors (Lipinski definition) is 5. The fourth-order valence-corrected chi connectivity index (χ4v) is 1.65. The van der Waals surface area contributed by atoms with Crippen LogP contribution in [0.5, 0.6) is 0 Å². The molecule has 1 atom stereocenters. The van der Waals surface area contributed by atoms with E-state index in [2.05, 4.69) is 0 Å². The SMILES string of the molecule is O=C1CC[C@](O)(C(=O)OCc2ccccc2)OC1. The molecule has 1 heterocycles. The van der Waals surface area contributed by atoms with Crippen LogP contribution in [0.15, 0.2) is 30.3 Å². The Labute approximate surface area is 104 Å². The molecule has 0 unspecified atom stereocenters. The third-order valence-electron chi connectivity index (χ3n) is 2.75. The quantitative estimate of drug-likeness (QED) is 0.803. The van der Waals surface area contributed by atoms with E-state index in [4.69, 9.17) is 9.47 Å². The van der Waals surface area contributed by atoms with Crippen molar-refractivity contribution in [2.75, 3.05) is 6.61 Å². The van der Waals surface area contributed by atoms with Crippen LogP contribution < -0.4 is 0 Å². The van der Waals surface area contributed by atoms with Crippen LogP contribution in [-0.2, 0) is 25.7 Å². The predicted molar refractivity (Wildman–Crippen MR) is 61.4 cm³/mol. The van der Waals surface area contributed by atoms with Gasteiger partial charge in [0.25, 0.3) is 5.79 Å². The number of ether oxygens (including phenoxy) is 2. The van der Waals surface area contributed by atoms with Crippen molar-refractivity contribution in [2.24, 2.45) is 0 Å². The number of carbonyl (C=O) groups excluding carboxylic acids is 2. The molecule has 1 aromatic rings. The van der Waals surface area contributed by atoms with Gasteiger partial charge in [0.2, 0.25) is 0 Å². The highest BCUT2D eigenvalue weighted by molar-refractivity contribution is 5.84. The smallest absolute Gasteiger partial charge is 0.367 e. The molecular formula is C13H14O5. The van der Waals surface area contributed by atoms with Crippen molar-refractivity contribution in [3.05, 3.63) is 35.9 Å². The van der Waals surface area contributed by atoms with E-state index in [9.17, 15) is 14.7 Å².